The van der Waals surface area contributed by atoms with E-state index in [-0.39, 0.29) is 30.6 Å². The number of phenols is 1. The number of benzene rings is 1. The quantitative estimate of drug-likeness (QED) is 0.747. The van der Waals surface area contributed by atoms with E-state index in [9.17, 15) is 0 Å². The second kappa shape index (κ2) is 6.13. The summed E-state index contributed by atoms with van der Waals surface area (Å²) < 4.78 is 4.79. The Bertz CT molecular complexity index is 203. The summed E-state index contributed by atoms with van der Waals surface area (Å²) in [7, 11) is 1.52. The molecule has 0 unspecified atom stereocenters. The average Bonchev–Trinajstić information content (AvgIpc) is 1.89. The van der Waals surface area contributed by atoms with Crippen LogP contribution in [0.3, 0.4) is 0 Å². The maximum atomic E-state index is 8.99. The van der Waals surface area contributed by atoms with Gasteiger partial charge in [-0.05, 0) is 12.1 Å². The van der Waals surface area contributed by atoms with Crippen LogP contribution in [0.25, 0.3) is 0 Å². The van der Waals surface area contributed by atoms with Crippen LogP contribution in [0.5, 0.6) is 11.5 Å². The Hall–Kier alpha value is -0.600. The first-order valence-electron chi connectivity index (χ1n) is 2.66. The largest absolute Gasteiger partial charge is 0.504 e. The minimum absolute atomic E-state index is 0. The molecule has 0 amide bonds. The molecule has 0 aliphatic heterocycles. The van der Waals surface area contributed by atoms with Gasteiger partial charge in [0.05, 0.1) is 7.11 Å². The summed E-state index contributed by atoms with van der Waals surface area (Å²) in [6.45, 7) is 0. The molecule has 4 heteroatoms. The standard InChI is InChI=1S/C7H8O2.2ClH/c1-9-7-5-3-2-4-6(7)8;;/h2-5,8H,1H3;2*1H. The number of rotatable bonds is 1. The van der Waals surface area contributed by atoms with Crippen LogP contribution in [-0.4, -0.2) is 12.2 Å². The van der Waals surface area contributed by atoms with Gasteiger partial charge in [-0.25, -0.2) is 0 Å². The second-order valence-electron chi connectivity index (χ2n) is 1.67. The third-order valence-electron chi connectivity index (χ3n) is 1.09. The number of hydrogen-bond donors (Lipinski definition) is 1. The molecule has 1 rings (SSSR count). The lowest BCUT2D eigenvalue weighted by Gasteiger charge is -1.99. The summed E-state index contributed by atoms with van der Waals surface area (Å²) in [5.74, 6) is 0.692. The van der Waals surface area contributed by atoms with Crippen LogP contribution in [0.4, 0.5) is 0 Å². The van der Waals surface area contributed by atoms with E-state index in [4.69, 9.17) is 9.84 Å². The molecule has 2 nitrogen and oxygen atoms in total. The van der Waals surface area contributed by atoms with Crippen molar-refractivity contribution in [3.05, 3.63) is 24.3 Å². The number of ether oxygens (including phenoxy) is 1. The summed E-state index contributed by atoms with van der Waals surface area (Å²) in [5, 5.41) is 8.99. The van der Waals surface area contributed by atoms with Gasteiger partial charge >= 0.3 is 0 Å². The Morgan fingerprint density at radius 3 is 2.09 bits per heavy atom. The fraction of sp³-hybridized carbons (Fsp3) is 0.143. The highest BCUT2D eigenvalue weighted by Crippen LogP contribution is 2.22. The van der Waals surface area contributed by atoms with Crippen molar-refractivity contribution in [1.82, 2.24) is 0 Å². The summed E-state index contributed by atoms with van der Waals surface area (Å²) >= 11 is 0. The first-order chi connectivity index (χ1) is 4.34. The smallest absolute Gasteiger partial charge is 0.160 e. The van der Waals surface area contributed by atoms with Crippen LogP contribution in [0.2, 0.25) is 0 Å². The molecule has 0 bridgehead atoms. The molecule has 0 aliphatic rings. The highest BCUT2D eigenvalue weighted by Gasteiger charge is 1.94. The van der Waals surface area contributed by atoms with Gasteiger partial charge in [0.15, 0.2) is 11.5 Å². The van der Waals surface area contributed by atoms with Crippen molar-refractivity contribution in [2.45, 2.75) is 0 Å². The highest BCUT2D eigenvalue weighted by atomic mass is 35.5. The molecule has 1 aromatic carbocycles. The van der Waals surface area contributed by atoms with Gasteiger partial charge in [0.1, 0.15) is 0 Å². The molecule has 1 N–H and O–H groups in total. The van der Waals surface area contributed by atoms with Crippen LogP contribution in [-0.2, 0) is 0 Å². The van der Waals surface area contributed by atoms with Crippen molar-refractivity contribution in [2.24, 2.45) is 0 Å². The molecule has 0 spiro atoms. The maximum Gasteiger partial charge on any atom is 0.160 e. The SMILES string of the molecule is COc1ccccc1O.Cl.Cl. The van der Waals surface area contributed by atoms with Crippen LogP contribution < -0.4 is 4.74 Å². The molecule has 0 saturated heterocycles. The minimum Gasteiger partial charge on any atom is -0.504 e. The van der Waals surface area contributed by atoms with E-state index in [2.05, 4.69) is 0 Å². The molecule has 11 heavy (non-hydrogen) atoms. The molecule has 0 aromatic heterocycles. The molecule has 0 aliphatic carbocycles. The molecule has 0 atom stereocenters. The van der Waals surface area contributed by atoms with Gasteiger partial charge in [-0.2, -0.15) is 0 Å². The summed E-state index contributed by atoms with van der Waals surface area (Å²) in [5.41, 5.74) is 0. The number of methoxy groups -OCH3 is 1. The lowest BCUT2D eigenvalue weighted by atomic mass is 10.3. The Morgan fingerprint density at radius 1 is 1.18 bits per heavy atom. The third-order valence-corrected chi connectivity index (χ3v) is 1.09. The lowest BCUT2D eigenvalue weighted by Crippen LogP contribution is -1.80. The van der Waals surface area contributed by atoms with Crippen molar-refractivity contribution < 1.29 is 9.84 Å². The molecule has 0 fully saturated rings. The molecule has 0 radical (unpaired) electrons. The van der Waals surface area contributed by atoms with Crippen LogP contribution >= 0.6 is 24.8 Å². The number of para-hydroxylation sites is 2. The Labute approximate surface area is 78.0 Å². The fourth-order valence-corrected chi connectivity index (χ4v) is 0.630. The fourth-order valence-electron chi connectivity index (χ4n) is 0.630. The predicted molar refractivity (Wildman–Crippen MR) is 49.2 cm³/mol. The van der Waals surface area contributed by atoms with Crippen LogP contribution in [0.1, 0.15) is 0 Å². The van der Waals surface area contributed by atoms with E-state index in [1.807, 2.05) is 0 Å². The second-order valence-corrected chi connectivity index (χ2v) is 1.67. The van der Waals surface area contributed by atoms with Gasteiger partial charge in [0, 0.05) is 0 Å². The van der Waals surface area contributed by atoms with E-state index >= 15 is 0 Å². The predicted octanol–water partition coefficient (Wildman–Crippen LogP) is 2.24. The van der Waals surface area contributed by atoms with Crippen molar-refractivity contribution in [2.75, 3.05) is 7.11 Å². The van der Waals surface area contributed by atoms with E-state index in [0.29, 0.717) is 5.75 Å². The number of phenolic OH excluding ortho intramolecular Hbond substituents is 1. The van der Waals surface area contributed by atoms with Crippen molar-refractivity contribution in [3.8, 4) is 11.5 Å². The van der Waals surface area contributed by atoms with Gasteiger partial charge in [-0.1, -0.05) is 12.1 Å². The molecule has 0 heterocycles. The van der Waals surface area contributed by atoms with Gasteiger partial charge in [-0.3, -0.25) is 0 Å². The Morgan fingerprint density at radius 2 is 1.73 bits per heavy atom. The zero-order valence-corrected chi connectivity index (χ0v) is 7.61. The zero-order valence-electron chi connectivity index (χ0n) is 5.98. The summed E-state index contributed by atoms with van der Waals surface area (Å²) in [4.78, 5) is 0. The molecular weight excluding hydrogens is 187 g/mol. The molecule has 0 saturated carbocycles. The average molecular weight is 197 g/mol. The van der Waals surface area contributed by atoms with E-state index in [0.717, 1.165) is 0 Å². The third kappa shape index (κ3) is 3.35. The zero-order chi connectivity index (χ0) is 6.69. The molecular formula is C7H10Cl2O2. The highest BCUT2D eigenvalue weighted by molar-refractivity contribution is 5.85. The van der Waals surface area contributed by atoms with E-state index in [1.54, 1.807) is 24.3 Å². The van der Waals surface area contributed by atoms with Gasteiger partial charge in [0.2, 0.25) is 0 Å². The Balaban J connectivity index is 0. The van der Waals surface area contributed by atoms with Crippen LogP contribution in [0, 0.1) is 0 Å². The van der Waals surface area contributed by atoms with Gasteiger partial charge in [0.25, 0.3) is 0 Å². The van der Waals surface area contributed by atoms with Gasteiger partial charge in [-0.15, -0.1) is 24.8 Å². The summed E-state index contributed by atoms with van der Waals surface area (Å²) in [6.07, 6.45) is 0. The maximum absolute atomic E-state index is 8.99. The van der Waals surface area contributed by atoms with Crippen molar-refractivity contribution in [3.63, 3.8) is 0 Å². The van der Waals surface area contributed by atoms with E-state index in [1.165, 1.54) is 7.11 Å². The lowest BCUT2D eigenvalue weighted by molar-refractivity contribution is 0.373. The van der Waals surface area contributed by atoms with Gasteiger partial charge < -0.3 is 9.84 Å². The number of halogens is 2. The minimum atomic E-state index is 0. The normalized spacial score (nSPS) is 7.36. The van der Waals surface area contributed by atoms with Crippen molar-refractivity contribution in [1.29, 1.82) is 0 Å². The van der Waals surface area contributed by atoms with Crippen molar-refractivity contribution >= 4 is 24.8 Å². The van der Waals surface area contributed by atoms with E-state index < -0.39 is 0 Å². The number of aromatic hydroxyl groups is 1. The van der Waals surface area contributed by atoms with Crippen LogP contribution in [0.15, 0.2) is 24.3 Å². The number of hydrogen-bond acceptors (Lipinski definition) is 2. The molecule has 64 valence electrons. The first kappa shape index (κ1) is 13.0. The topological polar surface area (TPSA) is 29.5 Å². The monoisotopic (exact) mass is 196 g/mol. The first-order valence-corrected chi connectivity index (χ1v) is 2.66. The Kier molecular flexibility index (Phi) is 7.26. The molecule has 1 aromatic rings. The summed E-state index contributed by atoms with van der Waals surface area (Å²) in [6, 6.07) is 6.84.